The summed E-state index contributed by atoms with van der Waals surface area (Å²) in [6.07, 6.45) is 2.26. The van der Waals surface area contributed by atoms with Gasteiger partial charge in [0.25, 0.3) is 11.6 Å². The molecule has 166 valence electrons. The van der Waals surface area contributed by atoms with Crippen LogP contribution in [0.5, 0.6) is 11.5 Å². The Kier molecular flexibility index (Phi) is 7.38. The lowest BCUT2D eigenvalue weighted by Gasteiger charge is -2.33. The maximum Gasteiger partial charge on any atom is 0.277 e. The Balaban J connectivity index is 1.87. The number of nitrogens with zero attached hydrogens (tertiary/aromatic N) is 2. The van der Waals surface area contributed by atoms with E-state index in [1.54, 1.807) is 0 Å². The van der Waals surface area contributed by atoms with E-state index in [-0.39, 0.29) is 17.4 Å². The molecule has 0 aliphatic rings. The minimum Gasteiger partial charge on any atom is -0.868 e. The molecule has 0 saturated carbocycles. The lowest BCUT2D eigenvalue weighted by molar-refractivity contribution is -0.398. The molecule has 31 heavy (non-hydrogen) atoms. The standard InChI is InChI=1S/C23H29N3O5/c1-22(2,3)15-23(4,5)17-7-9-18(10-8-17)31-14-21(28)25-24-13-16-6-11-19(26(29)30)20(27)12-16/h6-13,27H,14-15H2,1-5H3,(H,25,28)/p-1/b24-13-. The molecule has 2 aromatic rings. The van der Waals surface area contributed by atoms with Crippen LogP contribution in [0, 0.1) is 15.5 Å². The number of carbonyl (C=O) groups is 1. The highest BCUT2D eigenvalue weighted by Gasteiger charge is 2.27. The maximum absolute atomic E-state index is 11.9. The molecule has 0 unspecified atom stereocenters. The molecule has 0 aliphatic heterocycles. The summed E-state index contributed by atoms with van der Waals surface area (Å²) < 4.78 is 5.49. The predicted molar refractivity (Wildman–Crippen MR) is 117 cm³/mol. The van der Waals surface area contributed by atoms with Crippen LogP contribution in [0.25, 0.3) is 0 Å². The van der Waals surface area contributed by atoms with Gasteiger partial charge in [-0.15, -0.1) is 0 Å². The summed E-state index contributed by atoms with van der Waals surface area (Å²) in [5.74, 6) is -0.629. The largest absolute Gasteiger partial charge is 0.868 e. The Morgan fingerprint density at radius 1 is 1.13 bits per heavy atom. The molecule has 1 amide bonds. The number of hydrogen-bond acceptors (Lipinski definition) is 6. The highest BCUT2D eigenvalue weighted by atomic mass is 16.6. The van der Waals surface area contributed by atoms with E-state index in [1.165, 1.54) is 17.8 Å². The number of nitro benzene ring substituents is 1. The Hall–Kier alpha value is -3.42. The Morgan fingerprint density at radius 3 is 2.32 bits per heavy atom. The van der Waals surface area contributed by atoms with Gasteiger partial charge in [-0.3, -0.25) is 14.9 Å². The smallest absolute Gasteiger partial charge is 0.277 e. The van der Waals surface area contributed by atoms with E-state index in [0.717, 1.165) is 18.6 Å². The molecule has 2 rings (SSSR count). The van der Waals surface area contributed by atoms with Gasteiger partial charge in [0.1, 0.15) is 5.75 Å². The van der Waals surface area contributed by atoms with Crippen LogP contribution in [0.3, 0.4) is 0 Å². The number of carbonyl (C=O) groups excluding carboxylic acids is 1. The predicted octanol–water partition coefficient (Wildman–Crippen LogP) is 3.91. The minimum absolute atomic E-state index is 0.0185. The van der Waals surface area contributed by atoms with Crippen LogP contribution < -0.4 is 15.3 Å². The number of rotatable bonds is 8. The van der Waals surface area contributed by atoms with E-state index >= 15 is 0 Å². The fraction of sp³-hybridized carbons (Fsp3) is 0.391. The van der Waals surface area contributed by atoms with Gasteiger partial charge in [-0.25, -0.2) is 5.43 Å². The molecule has 0 saturated heterocycles. The van der Waals surface area contributed by atoms with Gasteiger partial charge in [0.05, 0.1) is 11.1 Å². The molecule has 0 bridgehead atoms. The van der Waals surface area contributed by atoms with Crippen LogP contribution in [-0.2, 0) is 10.2 Å². The monoisotopic (exact) mass is 426 g/mol. The number of hydrazone groups is 1. The molecule has 2 aromatic carbocycles. The second kappa shape index (κ2) is 9.59. The van der Waals surface area contributed by atoms with E-state index in [2.05, 4.69) is 45.1 Å². The first-order valence-electron chi connectivity index (χ1n) is 9.88. The number of benzene rings is 2. The summed E-state index contributed by atoms with van der Waals surface area (Å²) in [6.45, 7) is 10.8. The van der Waals surface area contributed by atoms with Crippen molar-refractivity contribution in [2.24, 2.45) is 10.5 Å². The first-order valence-corrected chi connectivity index (χ1v) is 9.88. The van der Waals surface area contributed by atoms with Gasteiger partial charge >= 0.3 is 0 Å². The molecule has 8 heteroatoms. The second-order valence-electron chi connectivity index (χ2n) is 9.21. The third-order valence-corrected chi connectivity index (χ3v) is 4.56. The molecule has 0 aromatic heterocycles. The molecule has 1 N–H and O–H groups in total. The summed E-state index contributed by atoms with van der Waals surface area (Å²) in [4.78, 5) is 21.8. The average molecular weight is 426 g/mol. The number of hydrogen-bond donors (Lipinski definition) is 1. The second-order valence-corrected chi connectivity index (χ2v) is 9.21. The van der Waals surface area contributed by atoms with E-state index in [9.17, 15) is 20.0 Å². The maximum atomic E-state index is 11.9. The van der Waals surface area contributed by atoms with Crippen LogP contribution in [0.2, 0.25) is 0 Å². The van der Waals surface area contributed by atoms with E-state index in [0.29, 0.717) is 11.3 Å². The minimum atomic E-state index is -0.750. The van der Waals surface area contributed by atoms with E-state index in [4.69, 9.17) is 4.74 Å². The first-order chi connectivity index (χ1) is 14.4. The lowest BCUT2D eigenvalue weighted by atomic mass is 9.72. The Bertz CT molecular complexity index is 960. The molecule has 0 radical (unpaired) electrons. The fourth-order valence-electron chi connectivity index (χ4n) is 3.55. The van der Waals surface area contributed by atoms with Gasteiger partial charge in [0.15, 0.2) is 6.61 Å². The number of nitrogens with one attached hydrogen (secondary N) is 1. The van der Waals surface area contributed by atoms with Crippen molar-refractivity contribution in [3.05, 3.63) is 63.7 Å². The third kappa shape index (κ3) is 7.40. The van der Waals surface area contributed by atoms with Crippen LogP contribution in [-0.4, -0.2) is 23.7 Å². The summed E-state index contributed by atoms with van der Waals surface area (Å²) in [5.41, 5.74) is 3.54. The Morgan fingerprint density at radius 2 is 1.77 bits per heavy atom. The molecule has 0 fully saturated rings. The number of amides is 1. The fourth-order valence-corrected chi connectivity index (χ4v) is 3.55. The highest BCUT2D eigenvalue weighted by Crippen LogP contribution is 2.36. The van der Waals surface area contributed by atoms with Crippen molar-refractivity contribution >= 4 is 17.8 Å². The van der Waals surface area contributed by atoms with Gasteiger partial charge in [0.2, 0.25) is 0 Å². The molecule has 0 spiro atoms. The Labute approximate surface area is 182 Å². The SMILES string of the molecule is CC(C)(C)CC(C)(C)c1ccc(OCC(=O)N/N=C\c2ccc([N+](=O)[O-])c([O-])c2)cc1. The van der Waals surface area contributed by atoms with Crippen LogP contribution >= 0.6 is 0 Å². The van der Waals surface area contributed by atoms with Gasteiger partial charge in [-0.1, -0.05) is 52.8 Å². The van der Waals surface area contributed by atoms with Crippen LogP contribution in [0.15, 0.2) is 47.6 Å². The van der Waals surface area contributed by atoms with Crippen molar-refractivity contribution < 1.29 is 19.6 Å². The highest BCUT2D eigenvalue weighted by molar-refractivity contribution is 5.83. The topological polar surface area (TPSA) is 117 Å². The zero-order valence-electron chi connectivity index (χ0n) is 18.5. The third-order valence-electron chi connectivity index (χ3n) is 4.56. The summed E-state index contributed by atoms with van der Waals surface area (Å²) >= 11 is 0. The molecule has 0 atom stereocenters. The summed E-state index contributed by atoms with van der Waals surface area (Å²) in [6, 6.07) is 11.2. The van der Waals surface area contributed by atoms with Crippen molar-refractivity contribution in [1.82, 2.24) is 5.43 Å². The summed E-state index contributed by atoms with van der Waals surface area (Å²) in [5, 5.41) is 26.0. The van der Waals surface area contributed by atoms with Gasteiger partial charge in [-0.2, -0.15) is 5.10 Å². The van der Waals surface area contributed by atoms with Gasteiger partial charge in [-0.05, 0) is 52.3 Å². The van der Waals surface area contributed by atoms with E-state index in [1.807, 2.05) is 24.3 Å². The number of ether oxygens (including phenoxy) is 1. The normalized spacial score (nSPS) is 12.0. The van der Waals surface area contributed by atoms with Crippen molar-refractivity contribution in [2.75, 3.05) is 6.61 Å². The van der Waals surface area contributed by atoms with Crippen molar-refractivity contribution in [3.63, 3.8) is 0 Å². The van der Waals surface area contributed by atoms with Crippen LogP contribution in [0.1, 0.15) is 52.2 Å². The van der Waals surface area contributed by atoms with Gasteiger partial charge in [0, 0.05) is 6.07 Å². The zero-order chi connectivity index (χ0) is 23.2. The lowest BCUT2D eigenvalue weighted by Crippen LogP contribution is -2.25. The zero-order valence-corrected chi connectivity index (χ0v) is 18.5. The quantitative estimate of drug-likeness (QED) is 0.390. The average Bonchev–Trinajstić information content (AvgIpc) is 2.64. The van der Waals surface area contributed by atoms with Crippen molar-refractivity contribution in [1.29, 1.82) is 0 Å². The summed E-state index contributed by atoms with van der Waals surface area (Å²) in [7, 11) is 0. The molecule has 8 nitrogen and oxygen atoms in total. The molecule has 0 aliphatic carbocycles. The van der Waals surface area contributed by atoms with E-state index < -0.39 is 22.3 Å². The molecule has 0 heterocycles. The number of nitro groups is 1. The van der Waals surface area contributed by atoms with Crippen molar-refractivity contribution in [3.8, 4) is 11.5 Å². The molecular formula is C23H28N3O5-. The van der Waals surface area contributed by atoms with Gasteiger partial charge < -0.3 is 9.84 Å². The van der Waals surface area contributed by atoms with Crippen LogP contribution in [0.4, 0.5) is 5.69 Å². The van der Waals surface area contributed by atoms with Crippen molar-refractivity contribution in [2.45, 2.75) is 46.5 Å². The molecular weight excluding hydrogens is 398 g/mol. The first kappa shape index (κ1) is 23.9.